The maximum absolute atomic E-state index is 12.8. The molecule has 236 valence electrons. The number of anilines is 1. The van der Waals surface area contributed by atoms with E-state index in [0.29, 0.717) is 17.4 Å². The van der Waals surface area contributed by atoms with Crippen molar-refractivity contribution in [1.82, 2.24) is 0 Å². The Morgan fingerprint density at radius 1 is 0.875 bits per heavy atom. The quantitative estimate of drug-likeness (QED) is 0.0287. The van der Waals surface area contributed by atoms with E-state index in [1.165, 1.54) is 72.8 Å². The third kappa shape index (κ3) is 12.3. The third-order valence-electron chi connectivity index (χ3n) is 5.85. The number of hydrogen-bond donors (Lipinski definition) is 2. The number of nitrogens with one attached hydrogen (secondary N) is 1. The zero-order valence-electron chi connectivity index (χ0n) is 25.3. The molecule has 0 unspecified atom stereocenters. The summed E-state index contributed by atoms with van der Waals surface area (Å²) in [5.74, 6) is -3.03. The average molecular weight is 746 g/mol. The summed E-state index contributed by atoms with van der Waals surface area (Å²) in [6.07, 6.45) is 0. The van der Waals surface area contributed by atoms with E-state index < -0.39 is 27.5 Å². The molecule has 4 aromatic rings. The van der Waals surface area contributed by atoms with Gasteiger partial charge >= 0.3 is 88.7 Å². The molecule has 4 rings (SSSR count). The Morgan fingerprint density at radius 2 is 1.54 bits per heavy atom. The van der Waals surface area contributed by atoms with Crippen molar-refractivity contribution in [1.29, 1.82) is 0 Å². The maximum Gasteiger partial charge on any atom is 1.00 e. The number of azo groups is 1. The van der Waals surface area contributed by atoms with Crippen molar-refractivity contribution >= 4 is 73.9 Å². The Kier molecular flexibility index (Phi) is 20.5. The summed E-state index contributed by atoms with van der Waals surface area (Å²) in [7, 11) is -3.76. The van der Waals surface area contributed by atoms with Crippen LogP contribution in [0.5, 0.6) is 5.75 Å². The molecular formula is C26H18N3Na3O13S3. The van der Waals surface area contributed by atoms with Crippen LogP contribution in [-0.2, 0) is 32.8 Å². The van der Waals surface area contributed by atoms with Crippen LogP contribution in [0.25, 0.3) is 10.8 Å². The molecule has 0 aliphatic heterocycles. The standard InChI is InChI=1S/C26H21N3O13S3.3Na/c30-24-19-10-7-17(27-25(31)20-3-1-2-4-21(20)26(32)33)13-15(19)14-22(43-41-39-34)23(24)29-28-16-5-8-18(9-6-16)45(36,37)12-11-38-44-42-40-35;;;/h1-10,13-14,30,34-35H,11-12H2,(H,27,31)(H,32,33);;;/q;3*+1/p-3. The number of hydrogen-bond acceptors (Lipinski definition) is 17. The van der Waals surface area contributed by atoms with Gasteiger partial charge in [-0.3, -0.25) is 19.1 Å². The summed E-state index contributed by atoms with van der Waals surface area (Å²) in [6, 6.07) is 16.6. The number of aromatic carboxylic acids is 1. The number of sulfone groups is 1. The van der Waals surface area contributed by atoms with Crippen LogP contribution in [0.4, 0.5) is 17.1 Å². The van der Waals surface area contributed by atoms with E-state index in [1.807, 2.05) is 0 Å². The topological polar surface area (TPSA) is 241 Å². The molecule has 0 aliphatic rings. The number of amides is 1. The van der Waals surface area contributed by atoms with Gasteiger partial charge < -0.3 is 30.8 Å². The molecule has 0 saturated carbocycles. The normalized spacial score (nSPS) is 11.0. The van der Waals surface area contributed by atoms with Gasteiger partial charge in [0.1, 0.15) is 5.69 Å². The molecule has 1 amide bonds. The third-order valence-corrected chi connectivity index (χ3v) is 8.54. The Hall–Kier alpha value is -1.15. The monoisotopic (exact) mass is 745 g/mol. The smallest absolute Gasteiger partial charge is 0.691 e. The van der Waals surface area contributed by atoms with Gasteiger partial charge in [-0.15, -0.1) is 9.45 Å². The molecule has 0 aliphatic carbocycles. The predicted molar refractivity (Wildman–Crippen MR) is 151 cm³/mol. The number of carboxylic acid groups (broad SMARTS) is 1. The molecule has 0 spiro atoms. The summed E-state index contributed by atoms with van der Waals surface area (Å²) in [4.78, 5) is 24.2. The van der Waals surface area contributed by atoms with Crippen LogP contribution in [0, 0.1) is 0 Å². The van der Waals surface area contributed by atoms with Crippen molar-refractivity contribution in [3.05, 3.63) is 83.9 Å². The number of phenols is 1. The minimum Gasteiger partial charge on any atom is -0.691 e. The fraction of sp³-hybridized carbons (Fsp3) is 0.0769. The molecule has 0 radical (unpaired) electrons. The number of carboxylic acids is 1. The Balaban J connectivity index is 0.00000384. The van der Waals surface area contributed by atoms with Gasteiger partial charge in [0.25, 0.3) is 5.91 Å². The van der Waals surface area contributed by atoms with Gasteiger partial charge in [0.2, 0.25) is 0 Å². The second-order valence-corrected chi connectivity index (χ2v) is 11.9. The number of fused-ring (bicyclic) bond motifs is 1. The van der Waals surface area contributed by atoms with Gasteiger partial charge in [0, 0.05) is 22.2 Å². The fourth-order valence-electron chi connectivity index (χ4n) is 3.85. The number of phenolic OH excluding ortho intramolecular Hbond substituents is 1. The summed E-state index contributed by atoms with van der Waals surface area (Å²) in [5.41, 5.74) is -0.0914. The van der Waals surface area contributed by atoms with E-state index in [1.54, 1.807) is 0 Å². The van der Waals surface area contributed by atoms with Crippen LogP contribution in [0.2, 0.25) is 0 Å². The van der Waals surface area contributed by atoms with E-state index in [0.717, 1.165) is 0 Å². The molecule has 48 heavy (non-hydrogen) atoms. The molecule has 0 aromatic heterocycles. The molecule has 22 heteroatoms. The first-order chi connectivity index (χ1) is 21.6. The van der Waals surface area contributed by atoms with Crippen molar-refractivity contribution in [2.75, 3.05) is 17.7 Å². The van der Waals surface area contributed by atoms with Gasteiger partial charge in [-0.1, -0.05) is 18.2 Å². The van der Waals surface area contributed by atoms with Gasteiger partial charge in [0.15, 0.2) is 27.9 Å². The van der Waals surface area contributed by atoms with Crippen molar-refractivity contribution < 1.29 is 150 Å². The molecule has 0 saturated heterocycles. The first kappa shape index (κ1) is 44.9. The molecule has 16 nitrogen and oxygen atoms in total. The summed E-state index contributed by atoms with van der Waals surface area (Å²) in [6.45, 7) is -0.293. The van der Waals surface area contributed by atoms with Crippen molar-refractivity contribution in [2.45, 2.75) is 9.79 Å². The molecule has 0 heterocycles. The Labute approximate surface area is 347 Å². The van der Waals surface area contributed by atoms with Crippen molar-refractivity contribution in [2.24, 2.45) is 10.2 Å². The van der Waals surface area contributed by atoms with Gasteiger partial charge in [0.05, 0.1) is 45.9 Å². The zero-order valence-corrected chi connectivity index (χ0v) is 33.8. The largest absolute Gasteiger partial charge is 1.00 e. The first-order valence-electron chi connectivity index (χ1n) is 12.2. The summed E-state index contributed by atoms with van der Waals surface area (Å²) in [5, 5.41) is 60.4. The first-order valence-corrected chi connectivity index (χ1v) is 15.2. The predicted octanol–water partition coefficient (Wildman–Crippen LogP) is -6.60. The number of aromatic hydroxyl groups is 1. The Morgan fingerprint density at radius 3 is 2.19 bits per heavy atom. The van der Waals surface area contributed by atoms with Crippen molar-refractivity contribution in [3.63, 3.8) is 0 Å². The molecule has 0 fully saturated rings. The number of rotatable bonds is 15. The molecule has 0 bridgehead atoms. The minimum absolute atomic E-state index is 0. The number of benzene rings is 4. The Bertz CT molecular complexity index is 1840. The van der Waals surface area contributed by atoms with E-state index in [9.17, 15) is 38.7 Å². The van der Waals surface area contributed by atoms with Crippen LogP contribution in [0.15, 0.2) is 92.8 Å². The zero-order chi connectivity index (χ0) is 32.4. The van der Waals surface area contributed by atoms with E-state index in [2.05, 4.69) is 34.3 Å². The van der Waals surface area contributed by atoms with Crippen LogP contribution in [0.3, 0.4) is 0 Å². The SMILES string of the molecule is O=C([O-])c1ccccc1C(=O)Nc1ccc2c(O)c(N=Nc3ccc(S(=O)(=O)CCOSOO[O-])cc3)c(SOO[O-])cc2c1.[Na+].[Na+].[Na+]. The van der Waals surface area contributed by atoms with Gasteiger partial charge in [-0.2, -0.15) is 9.45 Å². The number of nitrogens with zero attached hydrogens (tertiary/aromatic N) is 2. The minimum atomic E-state index is -3.76. The van der Waals surface area contributed by atoms with E-state index >= 15 is 0 Å². The molecule has 4 aromatic carbocycles. The second-order valence-electron chi connectivity index (χ2n) is 8.55. The second kappa shape index (κ2) is 21.9. The molecule has 2 N–H and O–H groups in total. The van der Waals surface area contributed by atoms with E-state index in [-0.39, 0.29) is 157 Å². The van der Waals surface area contributed by atoms with Crippen LogP contribution >= 0.6 is 24.4 Å². The van der Waals surface area contributed by atoms with Crippen molar-refractivity contribution in [3.8, 4) is 5.75 Å². The van der Waals surface area contributed by atoms with Gasteiger partial charge in [-0.05, 0) is 60.0 Å². The molecule has 0 atom stereocenters. The summed E-state index contributed by atoms with van der Waals surface area (Å²) >= 11 is 0.604. The number of carbonyl (C=O) groups excluding carboxylic acids is 2. The maximum atomic E-state index is 12.8. The average Bonchev–Trinajstić information content (AvgIpc) is 3.03. The van der Waals surface area contributed by atoms with Crippen LogP contribution < -0.4 is 110 Å². The van der Waals surface area contributed by atoms with Gasteiger partial charge in [-0.25, -0.2) is 8.42 Å². The van der Waals surface area contributed by atoms with Crippen LogP contribution in [-0.4, -0.2) is 37.8 Å². The molecular weight excluding hydrogens is 727 g/mol. The van der Waals surface area contributed by atoms with Crippen LogP contribution in [0.1, 0.15) is 20.7 Å². The summed E-state index contributed by atoms with van der Waals surface area (Å²) < 4.78 is 37.9. The van der Waals surface area contributed by atoms with E-state index in [4.69, 9.17) is 4.18 Å². The number of carbonyl (C=O) groups is 2. The fourth-order valence-corrected chi connectivity index (χ4v) is 5.75.